The Morgan fingerprint density at radius 2 is 1.59 bits per heavy atom. The Labute approximate surface area is 219 Å². The highest BCUT2D eigenvalue weighted by Gasteiger charge is 2.28. The standard InChI is InChI=1S/C29H34FN3O3S/c1-21-4-14-28(15-5-21)37(35,36)33(27-12-8-25(30)9-13-27)20-29(34)31-23(3)24-6-10-26(11-7-24)32-18-16-22(2)17-19-32/h4-15,22-23H,16-20H2,1-3H3,(H,31,34). The van der Waals surface area contributed by atoms with Crippen LogP contribution in [0, 0.1) is 18.7 Å². The number of carbonyl (C=O) groups excluding carboxylic acids is 1. The third-order valence-corrected chi connectivity index (χ3v) is 8.72. The molecular weight excluding hydrogens is 489 g/mol. The van der Waals surface area contributed by atoms with Gasteiger partial charge < -0.3 is 10.2 Å². The third-order valence-electron chi connectivity index (χ3n) is 6.93. The second kappa shape index (κ2) is 11.3. The Bertz CT molecular complexity index is 1300. The number of hydrogen-bond acceptors (Lipinski definition) is 4. The van der Waals surface area contributed by atoms with E-state index in [-0.39, 0.29) is 16.6 Å². The average molecular weight is 524 g/mol. The number of amides is 1. The molecule has 1 saturated heterocycles. The van der Waals surface area contributed by atoms with Crippen molar-refractivity contribution >= 4 is 27.3 Å². The van der Waals surface area contributed by atoms with Crippen LogP contribution < -0.4 is 14.5 Å². The van der Waals surface area contributed by atoms with Gasteiger partial charge in [0.05, 0.1) is 16.6 Å². The van der Waals surface area contributed by atoms with Crippen LogP contribution in [0.15, 0.2) is 77.7 Å². The molecule has 4 rings (SSSR count). The molecule has 196 valence electrons. The summed E-state index contributed by atoms with van der Waals surface area (Å²) in [5.41, 5.74) is 3.22. The molecule has 1 N–H and O–H groups in total. The Hall–Kier alpha value is -3.39. The maximum atomic E-state index is 13.6. The van der Waals surface area contributed by atoms with E-state index in [0.29, 0.717) is 0 Å². The molecule has 1 aliphatic rings. The van der Waals surface area contributed by atoms with Gasteiger partial charge in [0, 0.05) is 18.8 Å². The summed E-state index contributed by atoms with van der Waals surface area (Å²) in [5, 5.41) is 2.91. The average Bonchev–Trinajstić information content (AvgIpc) is 2.88. The number of halogens is 1. The highest BCUT2D eigenvalue weighted by atomic mass is 32.2. The number of piperidine rings is 1. The highest BCUT2D eigenvalue weighted by molar-refractivity contribution is 7.92. The van der Waals surface area contributed by atoms with Crippen LogP contribution in [0.2, 0.25) is 0 Å². The van der Waals surface area contributed by atoms with E-state index in [2.05, 4.69) is 29.3 Å². The molecule has 1 aliphatic heterocycles. The first-order chi connectivity index (χ1) is 17.6. The van der Waals surface area contributed by atoms with Crippen LogP contribution in [0.3, 0.4) is 0 Å². The van der Waals surface area contributed by atoms with E-state index in [0.717, 1.165) is 34.4 Å². The minimum absolute atomic E-state index is 0.0611. The van der Waals surface area contributed by atoms with Crippen molar-refractivity contribution in [1.82, 2.24) is 5.32 Å². The van der Waals surface area contributed by atoms with Crippen LogP contribution in [0.1, 0.15) is 43.9 Å². The lowest BCUT2D eigenvalue weighted by Gasteiger charge is -2.32. The number of carbonyl (C=O) groups is 1. The van der Waals surface area contributed by atoms with Gasteiger partial charge in [-0.1, -0.05) is 36.8 Å². The minimum Gasteiger partial charge on any atom is -0.372 e. The van der Waals surface area contributed by atoms with Gasteiger partial charge in [-0.05, 0) is 86.7 Å². The molecule has 1 heterocycles. The summed E-state index contributed by atoms with van der Waals surface area (Å²) in [6.45, 7) is 7.67. The molecule has 0 aliphatic carbocycles. The molecule has 0 bridgehead atoms. The number of nitrogens with one attached hydrogen (secondary N) is 1. The first-order valence-corrected chi connectivity index (χ1v) is 14.1. The zero-order valence-corrected chi connectivity index (χ0v) is 22.3. The van der Waals surface area contributed by atoms with Gasteiger partial charge in [0.2, 0.25) is 5.91 Å². The van der Waals surface area contributed by atoms with E-state index in [1.165, 1.54) is 54.9 Å². The predicted molar refractivity (Wildman–Crippen MR) is 146 cm³/mol. The molecule has 0 spiro atoms. The van der Waals surface area contributed by atoms with Crippen LogP contribution >= 0.6 is 0 Å². The lowest BCUT2D eigenvalue weighted by Crippen LogP contribution is -2.41. The molecular formula is C29H34FN3O3S. The maximum absolute atomic E-state index is 13.6. The van der Waals surface area contributed by atoms with Crippen LogP contribution in [0.25, 0.3) is 0 Å². The first-order valence-electron chi connectivity index (χ1n) is 12.6. The molecule has 3 aromatic rings. The predicted octanol–water partition coefficient (Wildman–Crippen LogP) is 5.44. The van der Waals surface area contributed by atoms with E-state index in [9.17, 15) is 17.6 Å². The Morgan fingerprint density at radius 1 is 1.00 bits per heavy atom. The number of anilines is 2. The Balaban J connectivity index is 1.48. The molecule has 8 heteroatoms. The van der Waals surface area contributed by atoms with Crippen LogP contribution in [0.4, 0.5) is 15.8 Å². The van der Waals surface area contributed by atoms with Crippen molar-refractivity contribution in [3.8, 4) is 0 Å². The number of benzene rings is 3. The Kier molecular flexibility index (Phi) is 8.17. The van der Waals surface area contributed by atoms with Gasteiger partial charge in [-0.2, -0.15) is 0 Å². The zero-order valence-electron chi connectivity index (χ0n) is 21.5. The van der Waals surface area contributed by atoms with E-state index in [4.69, 9.17) is 0 Å². The molecule has 37 heavy (non-hydrogen) atoms. The van der Waals surface area contributed by atoms with Gasteiger partial charge in [-0.15, -0.1) is 0 Å². The van der Waals surface area contributed by atoms with E-state index in [1.54, 1.807) is 12.1 Å². The fraction of sp³-hybridized carbons (Fsp3) is 0.345. The number of nitrogens with zero attached hydrogens (tertiary/aromatic N) is 2. The maximum Gasteiger partial charge on any atom is 0.264 e. The molecule has 0 saturated carbocycles. The van der Waals surface area contributed by atoms with E-state index in [1.807, 2.05) is 26.0 Å². The molecule has 6 nitrogen and oxygen atoms in total. The summed E-state index contributed by atoms with van der Waals surface area (Å²) >= 11 is 0. The Morgan fingerprint density at radius 3 is 2.19 bits per heavy atom. The summed E-state index contributed by atoms with van der Waals surface area (Å²) in [5.74, 6) is -0.186. The summed E-state index contributed by atoms with van der Waals surface area (Å²) in [6, 6.07) is 19.3. The number of rotatable bonds is 8. The lowest BCUT2D eigenvalue weighted by molar-refractivity contribution is -0.120. The normalized spacial score (nSPS) is 15.3. The summed E-state index contributed by atoms with van der Waals surface area (Å²) in [4.78, 5) is 15.5. The van der Waals surface area contributed by atoms with Crippen molar-refractivity contribution in [3.05, 3.63) is 89.7 Å². The molecule has 1 unspecified atom stereocenters. The molecule has 0 radical (unpaired) electrons. The minimum atomic E-state index is -4.06. The zero-order chi connectivity index (χ0) is 26.6. The summed E-state index contributed by atoms with van der Waals surface area (Å²) in [6.07, 6.45) is 2.37. The van der Waals surface area contributed by atoms with Crippen LogP contribution in [0.5, 0.6) is 0 Å². The fourth-order valence-corrected chi connectivity index (χ4v) is 5.92. The van der Waals surface area contributed by atoms with Gasteiger partial charge in [0.25, 0.3) is 10.0 Å². The van der Waals surface area contributed by atoms with Gasteiger partial charge in [0.1, 0.15) is 12.4 Å². The lowest BCUT2D eigenvalue weighted by atomic mass is 9.98. The number of aryl methyl sites for hydroxylation is 1. The quantitative estimate of drug-likeness (QED) is 0.427. The van der Waals surface area contributed by atoms with Crippen LogP contribution in [-0.4, -0.2) is 34.0 Å². The molecule has 1 atom stereocenters. The van der Waals surface area contributed by atoms with Crippen molar-refractivity contribution in [3.63, 3.8) is 0 Å². The van der Waals surface area contributed by atoms with Crippen molar-refractivity contribution < 1.29 is 17.6 Å². The number of sulfonamides is 1. The third kappa shape index (κ3) is 6.49. The van der Waals surface area contributed by atoms with Crippen molar-refractivity contribution in [2.75, 3.05) is 28.8 Å². The molecule has 3 aromatic carbocycles. The van der Waals surface area contributed by atoms with Crippen LogP contribution in [-0.2, 0) is 14.8 Å². The monoisotopic (exact) mass is 523 g/mol. The second-order valence-corrected chi connectivity index (χ2v) is 11.7. The second-order valence-electron chi connectivity index (χ2n) is 9.85. The molecule has 1 fully saturated rings. The SMILES string of the molecule is Cc1ccc(S(=O)(=O)N(CC(=O)NC(C)c2ccc(N3CCC(C)CC3)cc2)c2ccc(F)cc2)cc1. The van der Waals surface area contributed by atoms with Gasteiger partial charge in [-0.3, -0.25) is 9.10 Å². The largest absolute Gasteiger partial charge is 0.372 e. The van der Waals surface area contributed by atoms with E-state index < -0.39 is 28.3 Å². The van der Waals surface area contributed by atoms with Crippen molar-refractivity contribution in [1.29, 1.82) is 0 Å². The van der Waals surface area contributed by atoms with E-state index >= 15 is 0 Å². The molecule has 0 aromatic heterocycles. The smallest absolute Gasteiger partial charge is 0.264 e. The fourth-order valence-electron chi connectivity index (χ4n) is 4.50. The topological polar surface area (TPSA) is 69.7 Å². The number of hydrogen-bond donors (Lipinski definition) is 1. The first kappa shape index (κ1) is 26.7. The molecule has 1 amide bonds. The summed E-state index contributed by atoms with van der Waals surface area (Å²) < 4.78 is 41.5. The van der Waals surface area contributed by atoms with Gasteiger partial charge in [-0.25, -0.2) is 12.8 Å². The van der Waals surface area contributed by atoms with Gasteiger partial charge in [0.15, 0.2) is 0 Å². The van der Waals surface area contributed by atoms with Gasteiger partial charge >= 0.3 is 0 Å². The van der Waals surface area contributed by atoms with Crippen molar-refractivity contribution in [2.45, 2.75) is 44.6 Å². The highest BCUT2D eigenvalue weighted by Crippen LogP contribution is 2.26. The van der Waals surface area contributed by atoms with Crippen molar-refractivity contribution in [2.24, 2.45) is 5.92 Å². The summed E-state index contributed by atoms with van der Waals surface area (Å²) in [7, 11) is -4.06.